The third-order valence-electron chi connectivity index (χ3n) is 1.21. The lowest BCUT2D eigenvalue weighted by Gasteiger charge is -2.25. The van der Waals surface area contributed by atoms with Gasteiger partial charge in [-0.2, -0.15) is 0 Å². The lowest BCUT2D eigenvalue weighted by Crippen LogP contribution is -2.44. The minimum absolute atomic E-state index is 0.278. The first kappa shape index (κ1) is 9.84. The van der Waals surface area contributed by atoms with Gasteiger partial charge in [0.2, 0.25) is 5.91 Å². The fraction of sp³-hybridized carbons (Fsp3) is 1.00. The topological polar surface area (TPSA) is 63.9 Å². The maximum atomic E-state index is 8.85. The highest BCUT2D eigenvalue weighted by Crippen LogP contribution is 2.04. The number of hydrogen-bond donors (Lipinski definition) is 3. The summed E-state index contributed by atoms with van der Waals surface area (Å²) in [5, 5.41) is 26.8. The second-order valence-corrected chi connectivity index (χ2v) is 2.45. The summed E-state index contributed by atoms with van der Waals surface area (Å²) in [7, 11) is 0. The fourth-order valence-corrected chi connectivity index (χ4v) is 0.520. The molecule has 0 aliphatic heterocycles. The predicted octanol–water partition coefficient (Wildman–Crippen LogP) is 0.136. The SMILES string of the molecule is CCCCN(O)C(C)(O)O. The number of hydrogen-bond acceptors (Lipinski definition) is 4. The van der Waals surface area contributed by atoms with Crippen molar-refractivity contribution in [2.75, 3.05) is 6.54 Å². The monoisotopic (exact) mass is 149 g/mol. The molecule has 0 saturated carbocycles. The van der Waals surface area contributed by atoms with E-state index in [4.69, 9.17) is 15.4 Å². The van der Waals surface area contributed by atoms with Crippen LogP contribution in [0, 0.1) is 0 Å². The van der Waals surface area contributed by atoms with Crippen molar-refractivity contribution in [1.82, 2.24) is 5.06 Å². The van der Waals surface area contributed by atoms with Crippen molar-refractivity contribution in [2.45, 2.75) is 32.6 Å². The first-order valence-electron chi connectivity index (χ1n) is 3.39. The molecular weight excluding hydrogens is 134 g/mol. The zero-order chi connectivity index (χ0) is 8.20. The number of nitrogens with zero attached hydrogens (tertiary/aromatic N) is 1. The Kier molecular flexibility index (Phi) is 3.81. The van der Waals surface area contributed by atoms with Crippen molar-refractivity contribution in [3.05, 3.63) is 0 Å². The molecule has 0 radical (unpaired) electrons. The van der Waals surface area contributed by atoms with Crippen LogP contribution < -0.4 is 0 Å². The molecule has 0 aliphatic rings. The third-order valence-corrected chi connectivity index (χ3v) is 1.21. The zero-order valence-corrected chi connectivity index (χ0v) is 6.41. The molecule has 0 amide bonds. The van der Waals surface area contributed by atoms with Crippen LogP contribution in [0.25, 0.3) is 0 Å². The quantitative estimate of drug-likeness (QED) is 0.393. The molecule has 0 spiro atoms. The second kappa shape index (κ2) is 3.88. The molecule has 4 heteroatoms. The van der Waals surface area contributed by atoms with Gasteiger partial charge in [-0.1, -0.05) is 13.3 Å². The van der Waals surface area contributed by atoms with E-state index in [-0.39, 0.29) is 6.54 Å². The highest BCUT2D eigenvalue weighted by Gasteiger charge is 2.22. The van der Waals surface area contributed by atoms with E-state index in [9.17, 15) is 0 Å². The Morgan fingerprint density at radius 3 is 2.20 bits per heavy atom. The highest BCUT2D eigenvalue weighted by molar-refractivity contribution is 4.50. The molecule has 0 bridgehead atoms. The van der Waals surface area contributed by atoms with Gasteiger partial charge in [0, 0.05) is 13.5 Å². The Bertz CT molecular complexity index is 89.5. The van der Waals surface area contributed by atoms with Crippen LogP contribution in [0.5, 0.6) is 0 Å². The molecule has 0 saturated heterocycles. The van der Waals surface area contributed by atoms with E-state index in [0.717, 1.165) is 19.8 Å². The molecule has 10 heavy (non-hydrogen) atoms. The van der Waals surface area contributed by atoms with E-state index < -0.39 is 5.91 Å². The molecule has 62 valence electrons. The molecular formula is C6H15NO3. The van der Waals surface area contributed by atoms with Crippen LogP contribution in [0.4, 0.5) is 0 Å². The molecule has 0 aliphatic carbocycles. The molecule has 0 aromatic heterocycles. The van der Waals surface area contributed by atoms with Gasteiger partial charge >= 0.3 is 0 Å². The van der Waals surface area contributed by atoms with Crippen LogP contribution in [-0.4, -0.2) is 32.9 Å². The maximum absolute atomic E-state index is 8.85. The van der Waals surface area contributed by atoms with E-state index in [2.05, 4.69) is 0 Å². The Hall–Kier alpha value is -0.160. The van der Waals surface area contributed by atoms with E-state index in [1.54, 1.807) is 0 Å². The molecule has 0 atom stereocenters. The smallest absolute Gasteiger partial charge is 0.243 e. The van der Waals surface area contributed by atoms with Crippen molar-refractivity contribution in [3.8, 4) is 0 Å². The Morgan fingerprint density at radius 2 is 1.90 bits per heavy atom. The van der Waals surface area contributed by atoms with Crippen LogP contribution >= 0.6 is 0 Å². The van der Waals surface area contributed by atoms with E-state index in [0.29, 0.717) is 5.06 Å². The van der Waals surface area contributed by atoms with E-state index in [1.165, 1.54) is 0 Å². The summed E-state index contributed by atoms with van der Waals surface area (Å²) >= 11 is 0. The first-order chi connectivity index (χ1) is 4.48. The fourth-order valence-electron chi connectivity index (χ4n) is 0.520. The second-order valence-electron chi connectivity index (χ2n) is 2.45. The lowest BCUT2D eigenvalue weighted by molar-refractivity contribution is -0.351. The zero-order valence-electron chi connectivity index (χ0n) is 6.41. The van der Waals surface area contributed by atoms with Gasteiger partial charge in [0.1, 0.15) is 0 Å². The normalized spacial score (nSPS) is 12.6. The summed E-state index contributed by atoms with van der Waals surface area (Å²) in [6.45, 7) is 3.35. The first-order valence-corrected chi connectivity index (χ1v) is 3.39. The summed E-state index contributed by atoms with van der Waals surface area (Å²) in [5.41, 5.74) is 0. The number of hydroxylamine groups is 2. The maximum Gasteiger partial charge on any atom is 0.243 e. The van der Waals surface area contributed by atoms with Gasteiger partial charge in [0.25, 0.3) is 0 Å². The van der Waals surface area contributed by atoms with Gasteiger partial charge in [0.05, 0.1) is 0 Å². The molecule has 0 fully saturated rings. The van der Waals surface area contributed by atoms with Gasteiger partial charge in [-0.15, -0.1) is 5.06 Å². The average Bonchev–Trinajstić information content (AvgIpc) is 1.80. The predicted molar refractivity (Wildman–Crippen MR) is 36.2 cm³/mol. The Morgan fingerprint density at radius 1 is 1.40 bits per heavy atom. The largest absolute Gasteiger partial charge is 0.352 e. The van der Waals surface area contributed by atoms with Gasteiger partial charge < -0.3 is 15.4 Å². The lowest BCUT2D eigenvalue weighted by atomic mass is 10.3. The molecule has 0 aromatic carbocycles. The van der Waals surface area contributed by atoms with Crippen molar-refractivity contribution >= 4 is 0 Å². The van der Waals surface area contributed by atoms with Crippen molar-refractivity contribution in [2.24, 2.45) is 0 Å². The Labute approximate surface area is 60.7 Å². The molecule has 0 unspecified atom stereocenters. The van der Waals surface area contributed by atoms with Crippen LogP contribution in [0.15, 0.2) is 0 Å². The minimum Gasteiger partial charge on any atom is -0.352 e. The van der Waals surface area contributed by atoms with E-state index in [1.807, 2.05) is 6.92 Å². The number of aliphatic hydroxyl groups is 2. The summed E-state index contributed by atoms with van der Waals surface area (Å²) in [6, 6.07) is 0. The highest BCUT2D eigenvalue weighted by atomic mass is 16.6. The van der Waals surface area contributed by atoms with Gasteiger partial charge in [-0.25, -0.2) is 0 Å². The minimum atomic E-state index is -2.10. The van der Waals surface area contributed by atoms with Crippen LogP contribution in [0.2, 0.25) is 0 Å². The molecule has 0 rings (SSSR count). The molecule has 3 N–H and O–H groups in total. The summed E-state index contributed by atoms with van der Waals surface area (Å²) in [5.74, 6) is -2.10. The van der Waals surface area contributed by atoms with Crippen LogP contribution in [-0.2, 0) is 0 Å². The standard InChI is InChI=1S/C6H15NO3/c1-3-4-5-7(10)6(2,8)9/h8-10H,3-5H2,1-2H3. The van der Waals surface area contributed by atoms with Crippen molar-refractivity contribution < 1.29 is 15.4 Å². The summed E-state index contributed by atoms with van der Waals surface area (Å²) in [4.78, 5) is 0. The molecule has 0 heterocycles. The van der Waals surface area contributed by atoms with Gasteiger partial charge in [-0.3, -0.25) is 0 Å². The van der Waals surface area contributed by atoms with Gasteiger partial charge in [0.15, 0.2) is 0 Å². The Balaban J connectivity index is 3.52. The third kappa shape index (κ3) is 3.79. The number of unbranched alkanes of at least 4 members (excludes halogenated alkanes) is 1. The summed E-state index contributed by atoms with van der Waals surface area (Å²) < 4.78 is 0. The van der Waals surface area contributed by atoms with Gasteiger partial charge in [-0.05, 0) is 6.42 Å². The number of rotatable bonds is 4. The van der Waals surface area contributed by atoms with E-state index >= 15 is 0 Å². The molecule has 4 nitrogen and oxygen atoms in total. The average molecular weight is 149 g/mol. The van der Waals surface area contributed by atoms with Crippen LogP contribution in [0.3, 0.4) is 0 Å². The van der Waals surface area contributed by atoms with Crippen molar-refractivity contribution in [1.29, 1.82) is 0 Å². The van der Waals surface area contributed by atoms with Crippen molar-refractivity contribution in [3.63, 3.8) is 0 Å². The summed E-state index contributed by atoms with van der Waals surface area (Å²) in [6.07, 6.45) is 1.65. The van der Waals surface area contributed by atoms with Crippen LogP contribution in [0.1, 0.15) is 26.7 Å². The molecule has 0 aromatic rings.